The fourth-order valence-electron chi connectivity index (χ4n) is 4.20. The number of hydrogen-bond acceptors (Lipinski definition) is 5. The third-order valence-electron chi connectivity index (χ3n) is 6.09. The first-order chi connectivity index (χ1) is 18.9. The number of nitrogens with one attached hydrogen (secondary N) is 1. The minimum atomic E-state index is -3.98. The molecule has 0 aliphatic rings. The molecule has 3 rings (SSSR count). The number of anilines is 1. The largest absolute Gasteiger partial charge is 0.495 e. The van der Waals surface area contributed by atoms with Crippen LogP contribution in [0.4, 0.5) is 5.69 Å². The molecule has 0 aliphatic heterocycles. The molecule has 0 bridgehead atoms. The number of methoxy groups -OCH3 is 1. The molecular weight excluding hydrogens is 573 g/mol. The Morgan fingerprint density at radius 3 is 2.23 bits per heavy atom. The molecule has 3 aromatic rings. The average Bonchev–Trinajstić information content (AvgIpc) is 2.89. The minimum Gasteiger partial charge on any atom is -0.495 e. The first-order valence-electron chi connectivity index (χ1n) is 12.6. The van der Waals surface area contributed by atoms with Crippen LogP contribution in [-0.4, -0.2) is 57.1 Å². The van der Waals surface area contributed by atoms with Gasteiger partial charge in [-0.25, -0.2) is 8.42 Å². The van der Waals surface area contributed by atoms with Crippen LogP contribution in [0.2, 0.25) is 10.0 Å². The highest BCUT2D eigenvalue weighted by Gasteiger charge is 2.34. The quantitative estimate of drug-likeness (QED) is 0.316. The van der Waals surface area contributed by atoms with E-state index in [2.05, 4.69) is 5.32 Å². The van der Waals surface area contributed by atoms with E-state index >= 15 is 0 Å². The Hall–Kier alpha value is -3.27. The van der Waals surface area contributed by atoms with E-state index < -0.39 is 28.5 Å². The van der Waals surface area contributed by atoms with Gasteiger partial charge in [-0.05, 0) is 49.2 Å². The molecule has 0 heterocycles. The number of ether oxygens (including phenoxy) is 1. The van der Waals surface area contributed by atoms with E-state index in [-0.39, 0.29) is 41.4 Å². The van der Waals surface area contributed by atoms with Crippen molar-refractivity contribution < 1.29 is 22.7 Å². The number of sulfonamides is 1. The van der Waals surface area contributed by atoms with Crippen LogP contribution >= 0.6 is 23.2 Å². The average molecular weight is 607 g/mol. The molecule has 214 valence electrons. The fourth-order valence-corrected chi connectivity index (χ4v) is 5.40. The van der Waals surface area contributed by atoms with Gasteiger partial charge >= 0.3 is 0 Å². The summed E-state index contributed by atoms with van der Waals surface area (Å²) in [5, 5.41) is 3.59. The number of nitrogens with zero attached hydrogens (tertiary/aromatic N) is 2. The SMILES string of the molecule is COc1ccc(Cl)cc1N(CC(=O)N(Cc1ccccc1Cl)[C@H](Cc1ccccc1)C(=O)NC(C)C)S(C)(=O)=O. The first kappa shape index (κ1) is 31.3. The lowest BCUT2D eigenvalue weighted by Gasteiger charge is -2.34. The molecule has 1 N–H and O–H groups in total. The smallest absolute Gasteiger partial charge is 0.244 e. The van der Waals surface area contributed by atoms with Crippen LogP contribution in [0.25, 0.3) is 0 Å². The summed E-state index contributed by atoms with van der Waals surface area (Å²) in [5.74, 6) is -0.753. The molecule has 0 saturated carbocycles. The van der Waals surface area contributed by atoms with Crippen LogP contribution < -0.4 is 14.4 Å². The highest BCUT2D eigenvalue weighted by molar-refractivity contribution is 7.92. The maximum Gasteiger partial charge on any atom is 0.244 e. The molecule has 1 atom stereocenters. The van der Waals surface area contributed by atoms with Crippen LogP contribution in [0.5, 0.6) is 5.75 Å². The Bertz CT molecular complexity index is 1430. The molecule has 0 aliphatic carbocycles. The second-order valence-corrected chi connectivity index (χ2v) is 12.3. The summed E-state index contributed by atoms with van der Waals surface area (Å²) >= 11 is 12.6. The predicted molar refractivity (Wildman–Crippen MR) is 159 cm³/mol. The standard InChI is InChI=1S/C29H33Cl2N3O5S/c1-20(2)32-29(36)26(16-21-10-6-5-7-11-21)33(18-22-12-8-9-13-24(22)31)28(35)19-34(40(4,37)38)25-17-23(30)14-15-27(25)39-3/h5-15,17,20,26H,16,18-19H2,1-4H3,(H,32,36)/t26-/m1/s1. The molecule has 0 aromatic heterocycles. The van der Waals surface area contributed by atoms with E-state index in [0.29, 0.717) is 10.6 Å². The summed E-state index contributed by atoms with van der Waals surface area (Å²) < 4.78 is 32.3. The highest BCUT2D eigenvalue weighted by atomic mass is 35.5. The summed E-state index contributed by atoms with van der Waals surface area (Å²) in [5.41, 5.74) is 1.55. The molecule has 11 heteroatoms. The van der Waals surface area contributed by atoms with E-state index in [1.54, 1.807) is 30.3 Å². The summed E-state index contributed by atoms with van der Waals surface area (Å²) in [7, 11) is -2.59. The second kappa shape index (κ2) is 13.9. The van der Waals surface area contributed by atoms with Gasteiger partial charge in [-0.1, -0.05) is 71.7 Å². The second-order valence-electron chi connectivity index (χ2n) is 9.57. The van der Waals surface area contributed by atoms with Gasteiger partial charge < -0.3 is 15.0 Å². The monoisotopic (exact) mass is 605 g/mol. The van der Waals surface area contributed by atoms with Crippen molar-refractivity contribution in [1.82, 2.24) is 10.2 Å². The zero-order chi connectivity index (χ0) is 29.4. The third kappa shape index (κ3) is 8.36. The number of carbonyl (C=O) groups is 2. The number of halogens is 2. The van der Waals surface area contributed by atoms with E-state index in [0.717, 1.165) is 16.1 Å². The van der Waals surface area contributed by atoms with Crippen LogP contribution in [-0.2, 0) is 32.6 Å². The van der Waals surface area contributed by atoms with Crippen molar-refractivity contribution in [2.24, 2.45) is 0 Å². The summed E-state index contributed by atoms with van der Waals surface area (Å²) in [6.07, 6.45) is 1.20. The van der Waals surface area contributed by atoms with Crippen molar-refractivity contribution in [1.29, 1.82) is 0 Å². The molecule has 40 heavy (non-hydrogen) atoms. The van der Waals surface area contributed by atoms with Gasteiger partial charge in [0.15, 0.2) is 0 Å². The van der Waals surface area contributed by atoms with Crippen LogP contribution in [0.3, 0.4) is 0 Å². The van der Waals surface area contributed by atoms with E-state index in [9.17, 15) is 18.0 Å². The van der Waals surface area contributed by atoms with Gasteiger partial charge in [-0.3, -0.25) is 13.9 Å². The normalized spacial score (nSPS) is 12.1. The lowest BCUT2D eigenvalue weighted by atomic mass is 10.0. The minimum absolute atomic E-state index is 0.0220. The zero-order valence-electron chi connectivity index (χ0n) is 22.8. The van der Waals surface area contributed by atoms with Gasteiger partial charge in [-0.2, -0.15) is 0 Å². The Kier molecular flexibility index (Phi) is 10.8. The Morgan fingerprint density at radius 2 is 1.62 bits per heavy atom. The zero-order valence-corrected chi connectivity index (χ0v) is 25.1. The number of amides is 2. The molecule has 3 aromatic carbocycles. The molecule has 0 spiro atoms. The topological polar surface area (TPSA) is 96.0 Å². The van der Waals surface area contributed by atoms with Crippen molar-refractivity contribution in [2.75, 3.05) is 24.2 Å². The van der Waals surface area contributed by atoms with Crippen LogP contribution in [0.15, 0.2) is 72.8 Å². The summed E-state index contributed by atoms with van der Waals surface area (Å²) in [6.45, 7) is 3.04. The lowest BCUT2D eigenvalue weighted by Crippen LogP contribution is -2.54. The van der Waals surface area contributed by atoms with Crippen LogP contribution in [0.1, 0.15) is 25.0 Å². The maximum atomic E-state index is 14.1. The lowest BCUT2D eigenvalue weighted by molar-refractivity contribution is -0.140. The molecular formula is C29H33Cl2N3O5S. The third-order valence-corrected chi connectivity index (χ3v) is 7.82. The van der Waals surface area contributed by atoms with Gasteiger partial charge in [0.1, 0.15) is 18.3 Å². The van der Waals surface area contributed by atoms with E-state index in [4.69, 9.17) is 27.9 Å². The molecule has 0 fully saturated rings. The number of carbonyl (C=O) groups excluding carboxylic acids is 2. The summed E-state index contributed by atoms with van der Waals surface area (Å²) in [6, 6.07) is 19.7. The number of hydrogen-bond donors (Lipinski definition) is 1. The van der Waals surface area contributed by atoms with Crippen molar-refractivity contribution in [3.05, 3.63) is 94.0 Å². The van der Waals surface area contributed by atoms with Gasteiger partial charge in [0.25, 0.3) is 0 Å². The molecule has 8 nitrogen and oxygen atoms in total. The van der Waals surface area contributed by atoms with Crippen molar-refractivity contribution in [3.63, 3.8) is 0 Å². The van der Waals surface area contributed by atoms with Gasteiger partial charge in [0.05, 0.1) is 19.1 Å². The molecule has 0 radical (unpaired) electrons. The Balaban J connectivity index is 2.11. The first-order valence-corrected chi connectivity index (χ1v) is 15.2. The highest BCUT2D eigenvalue weighted by Crippen LogP contribution is 2.33. The van der Waals surface area contributed by atoms with Crippen molar-refractivity contribution in [3.8, 4) is 5.75 Å². The summed E-state index contributed by atoms with van der Waals surface area (Å²) in [4.78, 5) is 29.1. The number of rotatable bonds is 12. The van der Waals surface area contributed by atoms with Crippen molar-refractivity contribution in [2.45, 2.75) is 38.9 Å². The van der Waals surface area contributed by atoms with E-state index in [1.165, 1.54) is 24.1 Å². The Labute approximate surface area is 245 Å². The van der Waals surface area contributed by atoms with E-state index in [1.807, 2.05) is 44.2 Å². The van der Waals surface area contributed by atoms with Crippen LogP contribution in [0, 0.1) is 0 Å². The van der Waals surface area contributed by atoms with Gasteiger partial charge in [0, 0.05) is 29.1 Å². The molecule has 2 amide bonds. The predicted octanol–water partition coefficient (Wildman–Crippen LogP) is 4.93. The Morgan fingerprint density at radius 1 is 0.975 bits per heavy atom. The van der Waals surface area contributed by atoms with Gasteiger partial charge in [-0.15, -0.1) is 0 Å². The van der Waals surface area contributed by atoms with Crippen molar-refractivity contribution >= 4 is 50.7 Å². The molecule has 0 unspecified atom stereocenters. The molecule has 0 saturated heterocycles. The fraction of sp³-hybridized carbons (Fsp3) is 0.310. The number of benzene rings is 3. The maximum absolute atomic E-state index is 14.1. The van der Waals surface area contributed by atoms with Gasteiger partial charge in [0.2, 0.25) is 21.8 Å².